The SMILES string of the molecule is CCCc1nc(C(=O)N(CCO)CCOC)n[nH]1. The maximum Gasteiger partial charge on any atom is 0.293 e. The molecule has 0 spiro atoms. The predicted octanol–water partition coefficient (Wildman–Crippen LogP) is -0.162. The number of H-pyrrole nitrogens is 1. The van der Waals surface area contributed by atoms with E-state index in [0.29, 0.717) is 19.0 Å². The Bertz CT molecular complexity index is 367. The quantitative estimate of drug-likeness (QED) is 0.674. The van der Waals surface area contributed by atoms with Gasteiger partial charge < -0.3 is 14.7 Å². The lowest BCUT2D eigenvalue weighted by atomic mass is 10.3. The van der Waals surface area contributed by atoms with E-state index in [1.165, 1.54) is 4.90 Å². The Balaban J connectivity index is 2.67. The number of amides is 1. The zero-order chi connectivity index (χ0) is 13.4. The minimum atomic E-state index is -0.292. The van der Waals surface area contributed by atoms with Crippen LogP contribution in [0.5, 0.6) is 0 Å². The highest BCUT2D eigenvalue weighted by Gasteiger charge is 2.19. The van der Waals surface area contributed by atoms with Crippen molar-refractivity contribution in [3.8, 4) is 0 Å². The van der Waals surface area contributed by atoms with E-state index < -0.39 is 0 Å². The second kappa shape index (κ2) is 7.78. The Hall–Kier alpha value is -1.47. The van der Waals surface area contributed by atoms with Crippen molar-refractivity contribution in [2.45, 2.75) is 19.8 Å². The lowest BCUT2D eigenvalue weighted by Gasteiger charge is -2.19. The number of aryl methyl sites for hydroxylation is 1. The molecular weight excluding hydrogens is 236 g/mol. The van der Waals surface area contributed by atoms with Crippen LogP contribution in [0, 0.1) is 0 Å². The van der Waals surface area contributed by atoms with Crippen molar-refractivity contribution in [1.29, 1.82) is 0 Å². The zero-order valence-electron chi connectivity index (χ0n) is 10.8. The normalized spacial score (nSPS) is 10.6. The highest BCUT2D eigenvalue weighted by atomic mass is 16.5. The van der Waals surface area contributed by atoms with Gasteiger partial charge in [0, 0.05) is 26.6 Å². The second-order valence-electron chi connectivity index (χ2n) is 3.86. The van der Waals surface area contributed by atoms with Gasteiger partial charge in [-0.15, -0.1) is 5.10 Å². The van der Waals surface area contributed by atoms with Crippen molar-refractivity contribution in [3.05, 3.63) is 11.6 Å². The number of aromatic amines is 1. The molecule has 0 unspecified atom stereocenters. The van der Waals surface area contributed by atoms with Crippen molar-refractivity contribution in [1.82, 2.24) is 20.1 Å². The van der Waals surface area contributed by atoms with E-state index in [4.69, 9.17) is 9.84 Å². The van der Waals surface area contributed by atoms with Crippen LogP contribution in [0.25, 0.3) is 0 Å². The summed E-state index contributed by atoms with van der Waals surface area (Å²) in [5, 5.41) is 15.6. The average Bonchev–Trinajstić information content (AvgIpc) is 2.83. The molecule has 0 aliphatic rings. The summed E-state index contributed by atoms with van der Waals surface area (Å²) in [4.78, 5) is 17.7. The molecule has 0 saturated heterocycles. The molecule has 102 valence electrons. The van der Waals surface area contributed by atoms with E-state index in [2.05, 4.69) is 15.2 Å². The lowest BCUT2D eigenvalue weighted by Crippen LogP contribution is -2.36. The molecule has 0 radical (unpaired) electrons. The van der Waals surface area contributed by atoms with Crippen LogP contribution < -0.4 is 0 Å². The molecule has 0 aromatic carbocycles. The van der Waals surface area contributed by atoms with Crippen molar-refractivity contribution < 1.29 is 14.6 Å². The Kier molecular flexibility index (Phi) is 6.31. The number of aliphatic hydroxyl groups excluding tert-OH is 1. The minimum absolute atomic E-state index is 0.0955. The minimum Gasteiger partial charge on any atom is -0.395 e. The van der Waals surface area contributed by atoms with Gasteiger partial charge in [0.2, 0.25) is 5.82 Å². The van der Waals surface area contributed by atoms with Crippen molar-refractivity contribution in [3.63, 3.8) is 0 Å². The van der Waals surface area contributed by atoms with Gasteiger partial charge in [0.15, 0.2) is 0 Å². The van der Waals surface area contributed by atoms with Crippen LogP contribution in [0.15, 0.2) is 0 Å². The molecule has 2 N–H and O–H groups in total. The number of nitrogens with one attached hydrogen (secondary N) is 1. The van der Waals surface area contributed by atoms with Crippen molar-refractivity contribution >= 4 is 5.91 Å². The molecule has 1 heterocycles. The fourth-order valence-corrected chi connectivity index (χ4v) is 1.52. The van der Waals surface area contributed by atoms with Crippen LogP contribution >= 0.6 is 0 Å². The number of aromatic nitrogens is 3. The first-order chi connectivity index (χ1) is 8.72. The molecule has 7 nitrogen and oxygen atoms in total. The molecule has 1 rings (SSSR count). The summed E-state index contributed by atoms with van der Waals surface area (Å²) in [6.07, 6.45) is 1.70. The Labute approximate surface area is 106 Å². The topological polar surface area (TPSA) is 91.3 Å². The molecule has 1 aromatic rings. The highest BCUT2D eigenvalue weighted by Crippen LogP contribution is 2.01. The summed E-state index contributed by atoms with van der Waals surface area (Å²) in [5.41, 5.74) is 0. The van der Waals surface area contributed by atoms with E-state index >= 15 is 0 Å². The van der Waals surface area contributed by atoms with Crippen LogP contribution in [0.2, 0.25) is 0 Å². The van der Waals surface area contributed by atoms with Gasteiger partial charge in [-0.25, -0.2) is 4.98 Å². The molecule has 0 aliphatic heterocycles. The number of hydrogen-bond donors (Lipinski definition) is 2. The van der Waals surface area contributed by atoms with Crippen LogP contribution in [0.3, 0.4) is 0 Å². The Morgan fingerprint density at radius 2 is 2.28 bits per heavy atom. The third-order valence-electron chi connectivity index (χ3n) is 2.43. The Morgan fingerprint density at radius 1 is 1.50 bits per heavy atom. The molecular formula is C11H20N4O3. The predicted molar refractivity (Wildman–Crippen MR) is 65.2 cm³/mol. The molecule has 1 amide bonds. The van der Waals surface area contributed by atoms with Crippen LogP contribution in [0.4, 0.5) is 0 Å². The first-order valence-electron chi connectivity index (χ1n) is 6.03. The lowest BCUT2D eigenvalue weighted by molar-refractivity contribution is 0.0645. The van der Waals surface area contributed by atoms with Crippen molar-refractivity contribution in [2.24, 2.45) is 0 Å². The monoisotopic (exact) mass is 256 g/mol. The summed E-state index contributed by atoms with van der Waals surface area (Å²) in [6, 6.07) is 0. The summed E-state index contributed by atoms with van der Waals surface area (Å²) >= 11 is 0. The molecule has 0 atom stereocenters. The van der Waals surface area contributed by atoms with E-state index in [1.807, 2.05) is 6.92 Å². The third-order valence-corrected chi connectivity index (χ3v) is 2.43. The first kappa shape index (κ1) is 14.6. The van der Waals surface area contributed by atoms with Crippen LogP contribution in [-0.4, -0.2) is 64.5 Å². The molecule has 0 aliphatic carbocycles. The number of methoxy groups -OCH3 is 1. The smallest absolute Gasteiger partial charge is 0.293 e. The number of carbonyl (C=O) groups excluding carboxylic acids is 1. The molecule has 1 aromatic heterocycles. The zero-order valence-corrected chi connectivity index (χ0v) is 10.8. The van der Waals surface area contributed by atoms with Crippen LogP contribution in [0.1, 0.15) is 29.8 Å². The summed E-state index contributed by atoms with van der Waals surface area (Å²) in [7, 11) is 1.56. The largest absolute Gasteiger partial charge is 0.395 e. The molecule has 18 heavy (non-hydrogen) atoms. The maximum atomic E-state index is 12.1. The van der Waals surface area contributed by atoms with Crippen molar-refractivity contribution in [2.75, 3.05) is 33.4 Å². The molecule has 0 bridgehead atoms. The second-order valence-corrected chi connectivity index (χ2v) is 3.86. The highest BCUT2D eigenvalue weighted by molar-refractivity contribution is 5.90. The van der Waals surface area contributed by atoms with Gasteiger partial charge in [-0.05, 0) is 6.42 Å². The summed E-state index contributed by atoms with van der Waals surface area (Å²) in [6.45, 7) is 3.01. The first-order valence-corrected chi connectivity index (χ1v) is 6.03. The van der Waals surface area contributed by atoms with Gasteiger partial charge in [0.05, 0.1) is 13.2 Å². The van der Waals surface area contributed by atoms with E-state index in [9.17, 15) is 4.79 Å². The maximum absolute atomic E-state index is 12.1. The van der Waals surface area contributed by atoms with Gasteiger partial charge in [-0.3, -0.25) is 9.89 Å². The molecule has 0 saturated carbocycles. The van der Waals surface area contributed by atoms with Gasteiger partial charge in [0.25, 0.3) is 5.91 Å². The molecule has 7 heteroatoms. The number of carbonyl (C=O) groups is 1. The Morgan fingerprint density at radius 3 is 2.89 bits per heavy atom. The number of hydrogen-bond acceptors (Lipinski definition) is 5. The molecule has 0 fully saturated rings. The van der Waals surface area contributed by atoms with Gasteiger partial charge in [0.1, 0.15) is 5.82 Å². The average molecular weight is 256 g/mol. The number of ether oxygens (including phenoxy) is 1. The van der Waals surface area contributed by atoms with E-state index in [0.717, 1.165) is 12.8 Å². The summed E-state index contributed by atoms with van der Waals surface area (Å²) in [5.74, 6) is 0.555. The third kappa shape index (κ3) is 4.08. The fraction of sp³-hybridized carbons (Fsp3) is 0.727. The fourth-order valence-electron chi connectivity index (χ4n) is 1.52. The van der Waals surface area contributed by atoms with Gasteiger partial charge in [-0.1, -0.05) is 6.92 Å². The number of aliphatic hydroxyl groups is 1. The number of rotatable bonds is 8. The van der Waals surface area contributed by atoms with E-state index in [1.54, 1.807) is 7.11 Å². The number of nitrogens with zero attached hydrogens (tertiary/aromatic N) is 3. The van der Waals surface area contributed by atoms with Gasteiger partial charge in [-0.2, -0.15) is 0 Å². The van der Waals surface area contributed by atoms with Gasteiger partial charge >= 0.3 is 0 Å². The standard InChI is InChI=1S/C11H20N4O3/c1-3-4-9-12-10(14-13-9)11(17)15(5-7-16)6-8-18-2/h16H,3-8H2,1-2H3,(H,12,13,14). The van der Waals surface area contributed by atoms with Crippen LogP contribution in [-0.2, 0) is 11.2 Å². The van der Waals surface area contributed by atoms with E-state index in [-0.39, 0.29) is 24.9 Å². The summed E-state index contributed by atoms with van der Waals surface area (Å²) < 4.78 is 4.92.